The van der Waals surface area contributed by atoms with Crippen molar-refractivity contribution in [1.82, 2.24) is 15.1 Å². The average molecular weight is 351 g/mol. The summed E-state index contributed by atoms with van der Waals surface area (Å²) >= 11 is 0. The molecule has 0 aromatic rings. The molecule has 0 bridgehead atoms. The molecule has 2 aliphatic heterocycles. The predicted molar refractivity (Wildman–Crippen MR) is 84.7 cm³/mol. The Morgan fingerprint density at radius 1 is 1.38 bits per heavy atom. The standard InChI is InChI=1S/C16H28F3N3O2/c1-3-21(12-16(17,18)19)10-13-4-9-22(11-13)14(23)15(24-2)5-7-20-8-6-15/h13,20H,3-12H2,1-2H3. The molecule has 2 fully saturated rings. The summed E-state index contributed by atoms with van der Waals surface area (Å²) < 4.78 is 43.3. The maximum Gasteiger partial charge on any atom is 0.401 e. The lowest BCUT2D eigenvalue weighted by molar-refractivity contribution is -0.157. The fourth-order valence-electron chi connectivity index (χ4n) is 3.71. The summed E-state index contributed by atoms with van der Waals surface area (Å²) in [5, 5.41) is 3.22. The van der Waals surface area contributed by atoms with Crippen LogP contribution in [0.1, 0.15) is 26.2 Å². The second-order valence-electron chi connectivity index (χ2n) is 6.80. The molecule has 1 amide bonds. The van der Waals surface area contributed by atoms with Crippen LogP contribution in [-0.2, 0) is 9.53 Å². The highest BCUT2D eigenvalue weighted by atomic mass is 19.4. The van der Waals surface area contributed by atoms with Gasteiger partial charge >= 0.3 is 6.18 Å². The van der Waals surface area contributed by atoms with Crippen LogP contribution in [0.15, 0.2) is 0 Å². The van der Waals surface area contributed by atoms with Crippen LogP contribution in [-0.4, -0.2) is 80.4 Å². The molecule has 1 atom stereocenters. The Kier molecular flexibility index (Phi) is 6.50. The largest absolute Gasteiger partial charge is 0.401 e. The van der Waals surface area contributed by atoms with E-state index in [1.54, 1.807) is 18.9 Å². The van der Waals surface area contributed by atoms with Gasteiger partial charge < -0.3 is 15.0 Å². The first kappa shape index (κ1) is 19.5. The Labute approximate surface area is 141 Å². The van der Waals surface area contributed by atoms with Crippen LogP contribution in [0.25, 0.3) is 0 Å². The van der Waals surface area contributed by atoms with Crippen molar-refractivity contribution in [1.29, 1.82) is 0 Å². The molecule has 0 aromatic heterocycles. The number of alkyl halides is 3. The second-order valence-corrected chi connectivity index (χ2v) is 6.80. The molecule has 0 spiro atoms. The van der Waals surface area contributed by atoms with E-state index in [9.17, 15) is 18.0 Å². The molecular formula is C16H28F3N3O2. The number of likely N-dealkylation sites (tertiary alicyclic amines) is 1. The van der Waals surface area contributed by atoms with Gasteiger partial charge in [0.05, 0.1) is 6.54 Å². The molecule has 1 unspecified atom stereocenters. The van der Waals surface area contributed by atoms with Crippen molar-refractivity contribution in [2.75, 3.05) is 52.9 Å². The molecule has 0 aromatic carbocycles. The van der Waals surface area contributed by atoms with Crippen molar-refractivity contribution < 1.29 is 22.7 Å². The number of amides is 1. The fraction of sp³-hybridized carbons (Fsp3) is 0.938. The summed E-state index contributed by atoms with van der Waals surface area (Å²) in [6.45, 7) is 4.19. The van der Waals surface area contributed by atoms with Crippen LogP contribution in [0.3, 0.4) is 0 Å². The first-order chi connectivity index (χ1) is 11.3. The molecular weight excluding hydrogens is 323 g/mol. The summed E-state index contributed by atoms with van der Waals surface area (Å²) in [5.74, 6) is 0.0831. The molecule has 5 nitrogen and oxygen atoms in total. The number of ether oxygens (including phenoxy) is 1. The first-order valence-corrected chi connectivity index (χ1v) is 8.64. The molecule has 1 N–H and O–H groups in total. The van der Waals surface area contributed by atoms with E-state index in [0.717, 1.165) is 19.5 Å². The van der Waals surface area contributed by atoms with Crippen LogP contribution in [0, 0.1) is 5.92 Å². The van der Waals surface area contributed by atoms with Crippen molar-refractivity contribution in [3.05, 3.63) is 0 Å². The van der Waals surface area contributed by atoms with Crippen LogP contribution in [0.2, 0.25) is 0 Å². The molecule has 2 aliphatic rings. The lowest BCUT2D eigenvalue weighted by Crippen LogP contribution is -2.55. The third-order valence-corrected chi connectivity index (χ3v) is 5.13. The molecule has 8 heteroatoms. The molecule has 2 rings (SSSR count). The average Bonchev–Trinajstić information content (AvgIpc) is 3.01. The number of rotatable bonds is 6. The number of nitrogens with one attached hydrogen (secondary N) is 1. The SMILES string of the molecule is CCN(CC1CCN(C(=O)C2(OC)CCNCC2)C1)CC(F)(F)F. The Bertz CT molecular complexity index is 425. The zero-order chi connectivity index (χ0) is 17.8. The molecule has 0 saturated carbocycles. The van der Waals surface area contributed by atoms with E-state index >= 15 is 0 Å². The van der Waals surface area contributed by atoms with Crippen molar-refractivity contribution in [2.45, 2.75) is 38.0 Å². The second kappa shape index (κ2) is 8.01. The lowest BCUT2D eigenvalue weighted by Gasteiger charge is -2.37. The number of methoxy groups -OCH3 is 1. The minimum Gasteiger partial charge on any atom is -0.368 e. The zero-order valence-corrected chi connectivity index (χ0v) is 14.5. The van der Waals surface area contributed by atoms with E-state index in [1.807, 2.05) is 0 Å². The number of hydrogen-bond donors (Lipinski definition) is 1. The van der Waals surface area contributed by atoms with E-state index in [1.165, 1.54) is 4.90 Å². The fourth-order valence-corrected chi connectivity index (χ4v) is 3.71. The molecule has 140 valence electrons. The third kappa shape index (κ3) is 4.83. The van der Waals surface area contributed by atoms with Gasteiger partial charge in [0.1, 0.15) is 5.60 Å². The number of hydrogen-bond acceptors (Lipinski definition) is 4. The van der Waals surface area contributed by atoms with Gasteiger partial charge in [0, 0.05) is 26.7 Å². The highest BCUT2D eigenvalue weighted by Gasteiger charge is 2.44. The summed E-state index contributed by atoms with van der Waals surface area (Å²) in [6, 6.07) is 0. The number of piperidine rings is 1. The number of carbonyl (C=O) groups is 1. The van der Waals surface area contributed by atoms with Gasteiger partial charge in [-0.25, -0.2) is 0 Å². The van der Waals surface area contributed by atoms with E-state index in [2.05, 4.69) is 5.32 Å². The topological polar surface area (TPSA) is 44.8 Å². The number of nitrogens with zero attached hydrogens (tertiary/aromatic N) is 2. The van der Waals surface area contributed by atoms with Gasteiger partial charge in [0.25, 0.3) is 5.91 Å². The Morgan fingerprint density at radius 3 is 2.58 bits per heavy atom. The molecule has 2 heterocycles. The Balaban J connectivity index is 1.90. The zero-order valence-electron chi connectivity index (χ0n) is 14.5. The highest BCUT2D eigenvalue weighted by Crippen LogP contribution is 2.29. The van der Waals surface area contributed by atoms with Gasteiger partial charge in [-0.3, -0.25) is 9.69 Å². The van der Waals surface area contributed by atoms with Crippen LogP contribution >= 0.6 is 0 Å². The van der Waals surface area contributed by atoms with E-state index < -0.39 is 18.3 Å². The maximum absolute atomic E-state index is 12.9. The van der Waals surface area contributed by atoms with Gasteiger partial charge in [-0.1, -0.05) is 6.92 Å². The molecule has 0 aliphatic carbocycles. The Morgan fingerprint density at radius 2 is 2.04 bits per heavy atom. The maximum atomic E-state index is 12.9. The first-order valence-electron chi connectivity index (χ1n) is 8.64. The van der Waals surface area contributed by atoms with Gasteiger partial charge in [-0.15, -0.1) is 0 Å². The Hall–Kier alpha value is -0.860. The van der Waals surface area contributed by atoms with Gasteiger partial charge in [-0.2, -0.15) is 13.2 Å². The van der Waals surface area contributed by atoms with E-state index in [-0.39, 0.29) is 11.8 Å². The van der Waals surface area contributed by atoms with Crippen molar-refractivity contribution in [3.8, 4) is 0 Å². The lowest BCUT2D eigenvalue weighted by atomic mass is 9.90. The summed E-state index contributed by atoms with van der Waals surface area (Å²) in [7, 11) is 1.57. The van der Waals surface area contributed by atoms with Gasteiger partial charge in [0.15, 0.2) is 0 Å². The monoisotopic (exact) mass is 351 g/mol. The third-order valence-electron chi connectivity index (χ3n) is 5.13. The molecule has 0 radical (unpaired) electrons. The smallest absolute Gasteiger partial charge is 0.368 e. The van der Waals surface area contributed by atoms with Crippen LogP contribution in [0.4, 0.5) is 13.2 Å². The number of halogens is 3. The molecule has 2 saturated heterocycles. The van der Waals surface area contributed by atoms with Crippen LogP contribution in [0.5, 0.6) is 0 Å². The van der Waals surface area contributed by atoms with E-state index in [0.29, 0.717) is 39.0 Å². The minimum atomic E-state index is -4.18. The van der Waals surface area contributed by atoms with Gasteiger partial charge in [-0.05, 0) is 44.8 Å². The molecule has 24 heavy (non-hydrogen) atoms. The quantitative estimate of drug-likeness (QED) is 0.788. The van der Waals surface area contributed by atoms with Crippen molar-refractivity contribution in [2.24, 2.45) is 5.92 Å². The summed E-state index contributed by atoms with van der Waals surface area (Å²) in [6.07, 6.45) is -2.16. The van der Waals surface area contributed by atoms with E-state index in [4.69, 9.17) is 4.74 Å². The highest BCUT2D eigenvalue weighted by molar-refractivity contribution is 5.85. The van der Waals surface area contributed by atoms with Gasteiger partial charge in [0.2, 0.25) is 0 Å². The van der Waals surface area contributed by atoms with Crippen molar-refractivity contribution >= 4 is 5.91 Å². The minimum absolute atomic E-state index is 0.00660. The normalized spacial score (nSPS) is 24.6. The van der Waals surface area contributed by atoms with Crippen LogP contribution < -0.4 is 5.32 Å². The predicted octanol–water partition coefficient (Wildman–Crippen LogP) is 1.49. The summed E-state index contributed by atoms with van der Waals surface area (Å²) in [5.41, 5.74) is -0.767. The van der Waals surface area contributed by atoms with Crippen molar-refractivity contribution in [3.63, 3.8) is 0 Å². The summed E-state index contributed by atoms with van der Waals surface area (Å²) in [4.78, 5) is 16.1. The number of carbonyl (C=O) groups excluding carboxylic acids is 1.